The van der Waals surface area contributed by atoms with Crippen LogP contribution in [0.15, 0.2) is 0 Å². The predicted octanol–water partition coefficient (Wildman–Crippen LogP) is 2.13. The molecular weight excluding hydrogens is 304 g/mol. The van der Waals surface area contributed by atoms with Crippen LogP contribution in [0.3, 0.4) is 0 Å². The normalized spacial score (nSPS) is 30.9. The summed E-state index contributed by atoms with van der Waals surface area (Å²) in [6, 6.07) is 0. The molecule has 0 amide bonds. The Morgan fingerprint density at radius 1 is 1.26 bits per heavy atom. The summed E-state index contributed by atoms with van der Waals surface area (Å²) in [7, 11) is 0. The molecule has 7 heteroatoms. The summed E-state index contributed by atoms with van der Waals surface area (Å²) < 4.78 is 15.8. The quantitative estimate of drug-likeness (QED) is 0.545. The van der Waals surface area contributed by atoms with Gasteiger partial charge in [0.1, 0.15) is 6.10 Å². The van der Waals surface area contributed by atoms with Gasteiger partial charge in [0.25, 0.3) is 0 Å². The van der Waals surface area contributed by atoms with E-state index in [0.29, 0.717) is 39.1 Å². The van der Waals surface area contributed by atoms with Crippen molar-refractivity contribution in [1.82, 2.24) is 0 Å². The van der Waals surface area contributed by atoms with Crippen LogP contribution in [-0.4, -0.2) is 43.7 Å². The number of hydrogen-bond donors (Lipinski definition) is 0. The lowest BCUT2D eigenvalue weighted by atomic mass is 9.84. The SMILES string of the molecule is CCOC(=O)CC1CCC2(OCCCC2CCOC(C)=O)OO1. The van der Waals surface area contributed by atoms with Crippen molar-refractivity contribution >= 4 is 11.9 Å². The summed E-state index contributed by atoms with van der Waals surface area (Å²) in [5, 5.41) is 0. The Hall–Kier alpha value is -1.18. The van der Waals surface area contributed by atoms with Crippen LogP contribution in [0.25, 0.3) is 0 Å². The van der Waals surface area contributed by atoms with Crippen LogP contribution in [0.1, 0.15) is 52.4 Å². The molecule has 0 N–H and O–H groups in total. The molecule has 0 aromatic heterocycles. The molecule has 0 aromatic carbocycles. The van der Waals surface area contributed by atoms with E-state index in [0.717, 1.165) is 12.8 Å². The lowest BCUT2D eigenvalue weighted by Gasteiger charge is -2.45. The number of hydrogen-bond acceptors (Lipinski definition) is 7. The summed E-state index contributed by atoms with van der Waals surface area (Å²) in [6.07, 6.45) is 3.76. The number of rotatable bonds is 6. The fourth-order valence-electron chi connectivity index (χ4n) is 3.13. The standard InChI is InChI=1S/C16H26O7/c1-3-19-15(18)11-14-6-8-16(23-22-14)13(5-4-9-21-16)7-10-20-12(2)17/h13-14H,3-11H2,1-2H3. The Morgan fingerprint density at radius 3 is 2.74 bits per heavy atom. The zero-order valence-electron chi connectivity index (χ0n) is 13.9. The predicted molar refractivity (Wildman–Crippen MR) is 79.1 cm³/mol. The van der Waals surface area contributed by atoms with Gasteiger partial charge in [0.05, 0.1) is 26.2 Å². The highest BCUT2D eigenvalue weighted by atomic mass is 17.2. The van der Waals surface area contributed by atoms with Gasteiger partial charge in [-0.05, 0) is 32.6 Å². The molecule has 3 atom stereocenters. The second kappa shape index (κ2) is 8.61. The molecule has 0 aromatic rings. The van der Waals surface area contributed by atoms with Crippen molar-refractivity contribution in [2.45, 2.75) is 64.3 Å². The van der Waals surface area contributed by atoms with E-state index in [1.165, 1.54) is 6.92 Å². The van der Waals surface area contributed by atoms with E-state index in [2.05, 4.69) is 0 Å². The summed E-state index contributed by atoms with van der Waals surface area (Å²) >= 11 is 0. The van der Waals surface area contributed by atoms with Gasteiger partial charge in [-0.15, -0.1) is 0 Å². The monoisotopic (exact) mass is 330 g/mol. The van der Waals surface area contributed by atoms with Crippen LogP contribution >= 0.6 is 0 Å². The maximum Gasteiger partial charge on any atom is 0.308 e. The van der Waals surface area contributed by atoms with E-state index in [1.54, 1.807) is 6.92 Å². The zero-order valence-corrected chi connectivity index (χ0v) is 13.9. The van der Waals surface area contributed by atoms with E-state index in [-0.39, 0.29) is 30.4 Å². The first kappa shape index (κ1) is 18.2. The van der Waals surface area contributed by atoms with Crippen LogP contribution in [-0.2, 0) is 33.6 Å². The molecule has 2 aliphatic heterocycles. The van der Waals surface area contributed by atoms with Crippen LogP contribution in [0.5, 0.6) is 0 Å². The molecule has 0 saturated carbocycles. The molecule has 2 rings (SSSR count). The number of esters is 2. The maximum atomic E-state index is 11.5. The van der Waals surface area contributed by atoms with Gasteiger partial charge in [0.2, 0.25) is 5.79 Å². The van der Waals surface area contributed by atoms with Crippen molar-refractivity contribution in [3.63, 3.8) is 0 Å². The zero-order chi connectivity index (χ0) is 16.7. The molecule has 132 valence electrons. The van der Waals surface area contributed by atoms with Crippen molar-refractivity contribution < 1.29 is 33.6 Å². The molecule has 2 saturated heterocycles. The average Bonchev–Trinajstić information content (AvgIpc) is 2.52. The highest BCUT2D eigenvalue weighted by Crippen LogP contribution is 2.42. The van der Waals surface area contributed by atoms with Crippen LogP contribution in [0, 0.1) is 5.92 Å². The fraction of sp³-hybridized carbons (Fsp3) is 0.875. The van der Waals surface area contributed by atoms with Crippen LogP contribution in [0.2, 0.25) is 0 Å². The molecule has 7 nitrogen and oxygen atoms in total. The molecule has 0 radical (unpaired) electrons. The summed E-state index contributed by atoms with van der Waals surface area (Å²) in [5.41, 5.74) is 0. The summed E-state index contributed by atoms with van der Waals surface area (Å²) in [5.74, 6) is -1.25. The molecule has 0 aliphatic carbocycles. The van der Waals surface area contributed by atoms with Gasteiger partial charge in [-0.2, -0.15) is 0 Å². The van der Waals surface area contributed by atoms with Crippen molar-refractivity contribution in [1.29, 1.82) is 0 Å². The Labute approximate surface area is 136 Å². The highest BCUT2D eigenvalue weighted by Gasteiger charge is 2.47. The molecular formula is C16H26O7. The molecule has 0 bridgehead atoms. The Morgan fingerprint density at radius 2 is 2.09 bits per heavy atom. The molecule has 1 spiro atoms. The van der Waals surface area contributed by atoms with Crippen LogP contribution < -0.4 is 0 Å². The number of carbonyl (C=O) groups excluding carboxylic acids is 2. The van der Waals surface area contributed by atoms with Gasteiger partial charge in [-0.1, -0.05) is 0 Å². The molecule has 3 unspecified atom stereocenters. The van der Waals surface area contributed by atoms with Crippen molar-refractivity contribution in [2.75, 3.05) is 19.8 Å². The minimum Gasteiger partial charge on any atom is -0.466 e. The molecule has 23 heavy (non-hydrogen) atoms. The molecule has 2 aliphatic rings. The van der Waals surface area contributed by atoms with E-state index < -0.39 is 5.79 Å². The molecule has 2 fully saturated rings. The first-order valence-electron chi connectivity index (χ1n) is 8.33. The largest absolute Gasteiger partial charge is 0.466 e. The third kappa shape index (κ3) is 5.16. The van der Waals surface area contributed by atoms with Gasteiger partial charge in [0, 0.05) is 19.3 Å². The van der Waals surface area contributed by atoms with Crippen molar-refractivity contribution in [3.8, 4) is 0 Å². The lowest BCUT2D eigenvalue weighted by Crippen LogP contribution is -2.51. The van der Waals surface area contributed by atoms with Gasteiger partial charge >= 0.3 is 11.9 Å². The van der Waals surface area contributed by atoms with Crippen LogP contribution in [0.4, 0.5) is 0 Å². The Bertz CT molecular complexity index is 401. The van der Waals surface area contributed by atoms with E-state index in [4.69, 9.17) is 24.0 Å². The fourth-order valence-corrected chi connectivity index (χ4v) is 3.13. The van der Waals surface area contributed by atoms with Gasteiger partial charge in [-0.25, -0.2) is 9.78 Å². The van der Waals surface area contributed by atoms with Gasteiger partial charge in [-0.3, -0.25) is 9.59 Å². The van der Waals surface area contributed by atoms with Crippen molar-refractivity contribution in [2.24, 2.45) is 5.92 Å². The second-order valence-corrected chi connectivity index (χ2v) is 5.98. The van der Waals surface area contributed by atoms with Crippen molar-refractivity contribution in [3.05, 3.63) is 0 Å². The van der Waals surface area contributed by atoms with E-state index >= 15 is 0 Å². The summed E-state index contributed by atoms with van der Waals surface area (Å²) in [4.78, 5) is 33.4. The topological polar surface area (TPSA) is 80.3 Å². The third-order valence-electron chi connectivity index (χ3n) is 4.28. The Kier molecular flexibility index (Phi) is 6.80. The third-order valence-corrected chi connectivity index (χ3v) is 4.28. The minimum atomic E-state index is -0.788. The Balaban J connectivity index is 1.84. The average molecular weight is 330 g/mol. The molecule has 2 heterocycles. The maximum absolute atomic E-state index is 11.5. The minimum absolute atomic E-state index is 0.110. The summed E-state index contributed by atoms with van der Waals surface area (Å²) in [6.45, 7) is 4.50. The van der Waals surface area contributed by atoms with E-state index in [9.17, 15) is 9.59 Å². The first-order chi connectivity index (χ1) is 11.1. The van der Waals surface area contributed by atoms with Gasteiger partial charge < -0.3 is 14.2 Å². The van der Waals surface area contributed by atoms with E-state index in [1.807, 2.05) is 0 Å². The lowest BCUT2D eigenvalue weighted by molar-refractivity contribution is -0.487. The number of ether oxygens (including phenoxy) is 3. The second-order valence-electron chi connectivity index (χ2n) is 5.98. The smallest absolute Gasteiger partial charge is 0.308 e. The highest BCUT2D eigenvalue weighted by molar-refractivity contribution is 5.69. The first-order valence-corrected chi connectivity index (χ1v) is 8.33. The van der Waals surface area contributed by atoms with Gasteiger partial charge in [0.15, 0.2) is 0 Å². The number of carbonyl (C=O) groups is 2.